The molecule has 0 aliphatic heterocycles. The number of primary sulfonamides is 1. The second-order valence-electron chi connectivity index (χ2n) is 5.10. The molecule has 1 amide bonds. The van der Waals surface area contributed by atoms with Gasteiger partial charge in [-0.05, 0) is 25.0 Å². The summed E-state index contributed by atoms with van der Waals surface area (Å²) in [7, 11) is -3.51. The second kappa shape index (κ2) is 6.29. The Morgan fingerprint density at radius 2 is 2.19 bits per heavy atom. The van der Waals surface area contributed by atoms with Crippen molar-refractivity contribution in [2.24, 2.45) is 11.1 Å². The monoisotopic (exact) mass is 334 g/mol. The highest BCUT2D eigenvalue weighted by molar-refractivity contribution is 7.89. The zero-order valence-corrected chi connectivity index (χ0v) is 12.8. The zero-order valence-electron chi connectivity index (χ0n) is 11.2. The summed E-state index contributed by atoms with van der Waals surface area (Å²) in [6, 6.07) is 4.44. The van der Waals surface area contributed by atoms with E-state index in [-0.39, 0.29) is 36.5 Å². The van der Waals surface area contributed by atoms with Crippen molar-refractivity contribution in [3.8, 4) is 0 Å². The molecule has 1 aliphatic carbocycles. The standard InChI is InChI=1S/C13H16ClFN2O3S/c14-10-3-1-4-11(15)12(10)8-7-9(8)13(18)17-5-2-6-21(16,19)20/h1,3-4,8-9H,2,5-7H2,(H,17,18)(H2,16,19,20)/t8-,9-/m0/s1. The van der Waals surface area contributed by atoms with Gasteiger partial charge in [0.15, 0.2) is 0 Å². The highest BCUT2D eigenvalue weighted by atomic mass is 35.5. The number of rotatable bonds is 6. The molecule has 8 heteroatoms. The van der Waals surface area contributed by atoms with Crippen molar-refractivity contribution in [1.82, 2.24) is 5.32 Å². The maximum atomic E-state index is 13.7. The average Bonchev–Trinajstić information content (AvgIpc) is 3.13. The first kappa shape index (κ1) is 16.2. The molecule has 0 bridgehead atoms. The topological polar surface area (TPSA) is 89.3 Å². The summed E-state index contributed by atoms with van der Waals surface area (Å²) >= 11 is 5.96. The molecule has 1 aromatic rings. The fourth-order valence-electron chi connectivity index (χ4n) is 2.28. The molecule has 0 saturated heterocycles. The van der Waals surface area contributed by atoms with Crippen LogP contribution in [0.1, 0.15) is 24.3 Å². The molecule has 1 saturated carbocycles. The van der Waals surface area contributed by atoms with Gasteiger partial charge in [0, 0.05) is 29.0 Å². The van der Waals surface area contributed by atoms with Gasteiger partial charge < -0.3 is 5.32 Å². The lowest BCUT2D eigenvalue weighted by Crippen LogP contribution is -2.28. The van der Waals surface area contributed by atoms with Crippen molar-refractivity contribution in [3.63, 3.8) is 0 Å². The molecule has 3 N–H and O–H groups in total. The maximum absolute atomic E-state index is 13.7. The first-order valence-electron chi connectivity index (χ1n) is 6.51. The van der Waals surface area contributed by atoms with E-state index in [0.29, 0.717) is 17.0 Å². The number of nitrogens with two attached hydrogens (primary N) is 1. The molecule has 5 nitrogen and oxygen atoms in total. The maximum Gasteiger partial charge on any atom is 0.223 e. The van der Waals surface area contributed by atoms with Crippen LogP contribution in [0.4, 0.5) is 4.39 Å². The third kappa shape index (κ3) is 4.39. The number of sulfonamides is 1. The molecule has 2 atom stereocenters. The zero-order chi connectivity index (χ0) is 15.6. The Kier molecular flexibility index (Phi) is 4.85. The Balaban J connectivity index is 1.84. The normalized spacial score (nSPS) is 21.1. The van der Waals surface area contributed by atoms with Gasteiger partial charge in [0.1, 0.15) is 5.82 Å². The van der Waals surface area contributed by atoms with Crippen molar-refractivity contribution in [2.45, 2.75) is 18.8 Å². The van der Waals surface area contributed by atoms with Crippen LogP contribution in [-0.4, -0.2) is 26.6 Å². The van der Waals surface area contributed by atoms with Crippen molar-refractivity contribution >= 4 is 27.5 Å². The summed E-state index contributed by atoms with van der Waals surface area (Å²) in [4.78, 5) is 11.9. The smallest absolute Gasteiger partial charge is 0.223 e. The van der Waals surface area contributed by atoms with E-state index in [4.69, 9.17) is 16.7 Å². The quantitative estimate of drug-likeness (QED) is 0.770. The average molecular weight is 335 g/mol. The van der Waals surface area contributed by atoms with Gasteiger partial charge in [0.2, 0.25) is 15.9 Å². The van der Waals surface area contributed by atoms with Gasteiger partial charge in [-0.2, -0.15) is 0 Å². The van der Waals surface area contributed by atoms with Crippen LogP contribution in [0.25, 0.3) is 0 Å². The van der Waals surface area contributed by atoms with E-state index >= 15 is 0 Å². The molecule has 0 unspecified atom stereocenters. The summed E-state index contributed by atoms with van der Waals surface area (Å²) in [6.07, 6.45) is 0.796. The number of carbonyl (C=O) groups excluding carboxylic acids is 1. The fourth-order valence-corrected chi connectivity index (χ4v) is 3.13. The third-order valence-corrected chi connectivity index (χ3v) is 4.59. The summed E-state index contributed by atoms with van der Waals surface area (Å²) in [5, 5.41) is 7.81. The van der Waals surface area contributed by atoms with Crippen LogP contribution in [0.2, 0.25) is 5.02 Å². The first-order valence-corrected chi connectivity index (χ1v) is 8.61. The van der Waals surface area contributed by atoms with Crippen LogP contribution < -0.4 is 10.5 Å². The van der Waals surface area contributed by atoms with E-state index in [1.807, 2.05) is 0 Å². The third-order valence-electron chi connectivity index (χ3n) is 3.40. The predicted molar refractivity (Wildman–Crippen MR) is 77.9 cm³/mol. The summed E-state index contributed by atoms with van der Waals surface area (Å²) < 4.78 is 35.2. The molecule has 0 spiro atoms. The largest absolute Gasteiger partial charge is 0.356 e. The number of amides is 1. The van der Waals surface area contributed by atoms with Gasteiger partial charge in [0.05, 0.1) is 5.75 Å². The van der Waals surface area contributed by atoms with Crippen LogP contribution in [0.5, 0.6) is 0 Å². The van der Waals surface area contributed by atoms with Crippen molar-refractivity contribution < 1.29 is 17.6 Å². The fraction of sp³-hybridized carbons (Fsp3) is 0.462. The Hall–Kier alpha value is -1.18. The van der Waals surface area contributed by atoms with E-state index in [9.17, 15) is 17.6 Å². The molecular formula is C13H16ClFN2O3S. The summed E-state index contributed by atoms with van der Waals surface area (Å²) in [5.41, 5.74) is 0.379. The number of hydrogen-bond acceptors (Lipinski definition) is 3. The van der Waals surface area contributed by atoms with Gasteiger partial charge >= 0.3 is 0 Å². The second-order valence-corrected chi connectivity index (χ2v) is 7.24. The minimum Gasteiger partial charge on any atom is -0.356 e. The van der Waals surface area contributed by atoms with Crippen molar-refractivity contribution in [1.29, 1.82) is 0 Å². The van der Waals surface area contributed by atoms with Gasteiger partial charge in [-0.3, -0.25) is 4.79 Å². The van der Waals surface area contributed by atoms with E-state index in [1.54, 1.807) is 6.07 Å². The molecule has 2 rings (SSSR count). The molecule has 1 aliphatic rings. The van der Waals surface area contributed by atoms with E-state index in [1.165, 1.54) is 12.1 Å². The molecule has 1 aromatic carbocycles. The Bertz CT molecular complexity index is 631. The minimum absolute atomic E-state index is 0.180. The number of benzene rings is 1. The van der Waals surface area contributed by atoms with Crippen LogP contribution >= 0.6 is 11.6 Å². The number of nitrogens with one attached hydrogen (secondary N) is 1. The van der Waals surface area contributed by atoms with E-state index < -0.39 is 15.8 Å². The SMILES string of the molecule is NS(=O)(=O)CCCNC(=O)[C@H]1C[C@@H]1c1c(F)cccc1Cl. The molecule has 0 radical (unpaired) electrons. The van der Waals surface area contributed by atoms with Gasteiger partial charge in [-0.25, -0.2) is 17.9 Å². The number of halogens is 2. The van der Waals surface area contributed by atoms with Crippen molar-refractivity contribution in [2.75, 3.05) is 12.3 Å². The Morgan fingerprint density at radius 3 is 2.81 bits per heavy atom. The highest BCUT2D eigenvalue weighted by Crippen LogP contribution is 2.50. The van der Waals surface area contributed by atoms with E-state index in [2.05, 4.69) is 5.32 Å². The first-order chi connectivity index (χ1) is 9.79. The molecule has 1 fully saturated rings. The molecule has 0 heterocycles. The molecule has 21 heavy (non-hydrogen) atoms. The predicted octanol–water partition coefficient (Wildman–Crippen LogP) is 1.38. The lowest BCUT2D eigenvalue weighted by atomic mass is 10.1. The highest BCUT2D eigenvalue weighted by Gasteiger charge is 2.46. The van der Waals surface area contributed by atoms with Crippen LogP contribution in [0.3, 0.4) is 0 Å². The van der Waals surface area contributed by atoms with Gasteiger partial charge in [-0.15, -0.1) is 0 Å². The molecular weight excluding hydrogens is 319 g/mol. The Labute approximate surface area is 127 Å². The number of hydrogen-bond donors (Lipinski definition) is 2. The van der Waals surface area contributed by atoms with Crippen molar-refractivity contribution in [3.05, 3.63) is 34.6 Å². The summed E-state index contributed by atoms with van der Waals surface area (Å²) in [6.45, 7) is 0.226. The molecule has 0 aromatic heterocycles. The summed E-state index contributed by atoms with van der Waals surface area (Å²) in [5.74, 6) is -1.32. The lowest BCUT2D eigenvalue weighted by Gasteiger charge is -2.06. The van der Waals surface area contributed by atoms with E-state index in [0.717, 1.165) is 0 Å². The van der Waals surface area contributed by atoms with Gasteiger partial charge in [0.25, 0.3) is 0 Å². The number of carbonyl (C=O) groups is 1. The van der Waals surface area contributed by atoms with Crippen LogP contribution in [-0.2, 0) is 14.8 Å². The van der Waals surface area contributed by atoms with Crippen LogP contribution in [0, 0.1) is 11.7 Å². The lowest BCUT2D eigenvalue weighted by molar-refractivity contribution is -0.122. The van der Waals surface area contributed by atoms with Crippen LogP contribution in [0.15, 0.2) is 18.2 Å². The minimum atomic E-state index is -3.51. The Morgan fingerprint density at radius 1 is 1.48 bits per heavy atom. The molecule has 116 valence electrons. The van der Waals surface area contributed by atoms with Gasteiger partial charge in [-0.1, -0.05) is 17.7 Å².